The summed E-state index contributed by atoms with van der Waals surface area (Å²) in [4.78, 5) is 26.1. The van der Waals surface area contributed by atoms with E-state index in [1.54, 1.807) is 7.11 Å². The summed E-state index contributed by atoms with van der Waals surface area (Å²) in [7, 11) is 3.80. The van der Waals surface area contributed by atoms with Crippen LogP contribution in [0.25, 0.3) is 10.9 Å². The molecule has 8 heteroatoms. The molecule has 1 heterocycles. The average Bonchev–Trinajstić information content (AvgIpc) is 3.34. The minimum atomic E-state index is -1.34. The molecule has 1 spiro atoms. The second kappa shape index (κ2) is 13.4. The summed E-state index contributed by atoms with van der Waals surface area (Å²) in [5.74, 6) is 0.356. The quantitative estimate of drug-likeness (QED) is 0.286. The van der Waals surface area contributed by atoms with E-state index in [4.69, 9.17) is 20.9 Å². The van der Waals surface area contributed by atoms with Gasteiger partial charge in [-0.2, -0.15) is 0 Å². The number of carbonyl (C=O) groups excluding carboxylic acids is 2. The molecule has 45 heavy (non-hydrogen) atoms. The van der Waals surface area contributed by atoms with Crippen LogP contribution in [0.4, 0.5) is 0 Å². The van der Waals surface area contributed by atoms with Crippen LogP contribution in [0.2, 0.25) is 0 Å². The zero-order valence-electron chi connectivity index (χ0n) is 29.6. The maximum Gasteiger partial charge on any atom is 0.303 e. The van der Waals surface area contributed by atoms with Crippen molar-refractivity contribution in [2.45, 2.75) is 99.8 Å². The van der Waals surface area contributed by atoms with E-state index < -0.39 is 35.0 Å². The van der Waals surface area contributed by atoms with Crippen molar-refractivity contribution in [3.8, 4) is 5.75 Å². The standard InChI is InChI=1S/C23H36N2O4.C12H15NO.C2H6/c1-12-9-22-14(3)7-13(2)21(5,6)10-16(19(22)28)8-17(11-26)18(24)23(22,25)20(12)29-15(4)27;1-8-9(2)13(3)12-6-5-10(14-4)7-11(8)12;1-2/h8-9,13-14,16,18,20,26H,7,10-11,24-25H2,1-6H3;5-7H,1-4H3;1-2H3/t13?,14-,16?,18?,20?,22?,23?;;/m1../s1. The third kappa shape index (κ3) is 5.90. The zero-order valence-corrected chi connectivity index (χ0v) is 29.6. The van der Waals surface area contributed by atoms with Gasteiger partial charge in [0, 0.05) is 36.5 Å². The Morgan fingerprint density at radius 1 is 1.13 bits per heavy atom. The second-order valence-electron chi connectivity index (χ2n) is 13.9. The number of carbonyl (C=O) groups is 2. The molecule has 5 N–H and O–H groups in total. The van der Waals surface area contributed by atoms with E-state index in [0.29, 0.717) is 17.9 Å². The van der Waals surface area contributed by atoms with Crippen molar-refractivity contribution in [2.24, 2.45) is 47.1 Å². The normalized spacial score (nSPS) is 31.9. The van der Waals surface area contributed by atoms with Crippen LogP contribution >= 0.6 is 0 Å². The number of ether oxygens (including phenoxy) is 2. The van der Waals surface area contributed by atoms with Crippen LogP contribution < -0.4 is 16.2 Å². The lowest BCUT2D eigenvalue weighted by molar-refractivity contribution is -0.155. The topological polar surface area (TPSA) is 130 Å². The summed E-state index contributed by atoms with van der Waals surface area (Å²) in [6.07, 6.45) is 4.43. The molecule has 1 aromatic heterocycles. The molecule has 5 rings (SSSR count). The molecular formula is C37H57N3O5. The largest absolute Gasteiger partial charge is 0.497 e. The molecule has 0 saturated heterocycles. The van der Waals surface area contributed by atoms with Crippen molar-refractivity contribution in [1.29, 1.82) is 0 Å². The fraction of sp³-hybridized carbons (Fsp3) is 0.622. The van der Waals surface area contributed by atoms with E-state index in [-0.39, 0.29) is 23.7 Å². The molecule has 0 radical (unpaired) electrons. The highest BCUT2D eigenvalue weighted by Crippen LogP contribution is 2.59. The minimum Gasteiger partial charge on any atom is -0.497 e. The first kappa shape index (κ1) is 36.5. The maximum absolute atomic E-state index is 14.2. The summed E-state index contributed by atoms with van der Waals surface area (Å²) in [5, 5.41) is 11.4. The van der Waals surface area contributed by atoms with E-state index in [1.807, 2.05) is 39.0 Å². The number of hydrogen-bond donors (Lipinski definition) is 3. The number of nitrogens with two attached hydrogens (primary N) is 2. The van der Waals surface area contributed by atoms with E-state index in [2.05, 4.69) is 65.3 Å². The van der Waals surface area contributed by atoms with Gasteiger partial charge in [-0.15, -0.1) is 0 Å². The Bertz CT molecular complexity index is 1490. The molecule has 7 atom stereocenters. The summed E-state index contributed by atoms with van der Waals surface area (Å²) in [5.41, 5.74) is 16.5. The Morgan fingerprint density at radius 2 is 1.76 bits per heavy atom. The lowest BCUT2D eigenvalue weighted by atomic mass is 9.53. The first-order valence-electron chi connectivity index (χ1n) is 16.3. The van der Waals surface area contributed by atoms with Crippen molar-refractivity contribution in [2.75, 3.05) is 13.7 Å². The van der Waals surface area contributed by atoms with Gasteiger partial charge in [-0.1, -0.05) is 53.7 Å². The van der Waals surface area contributed by atoms with Crippen LogP contribution in [0.3, 0.4) is 0 Å². The number of rotatable bonds is 3. The van der Waals surface area contributed by atoms with Gasteiger partial charge >= 0.3 is 5.97 Å². The molecule has 1 aromatic carbocycles. The van der Waals surface area contributed by atoms with Crippen LogP contribution in [0.1, 0.15) is 79.5 Å². The van der Waals surface area contributed by atoms with Gasteiger partial charge in [0.1, 0.15) is 11.9 Å². The second-order valence-corrected chi connectivity index (χ2v) is 13.9. The SMILES string of the molecule is CC.CC(=O)OC1C(C)=CC23C(=O)C(C=C(CO)C(N)C12N)CC(C)(C)C(C)C[C@H]3C.COc1ccc2c(c1)c(C)c(C)n2C. The summed E-state index contributed by atoms with van der Waals surface area (Å²) in [6, 6.07) is 5.39. The Hall–Kier alpha value is -2.94. The molecule has 8 nitrogen and oxygen atoms in total. The molecule has 2 bridgehead atoms. The van der Waals surface area contributed by atoms with Gasteiger partial charge in [0.2, 0.25) is 0 Å². The van der Waals surface area contributed by atoms with Gasteiger partial charge in [0.05, 0.1) is 30.7 Å². The molecule has 1 saturated carbocycles. The molecular weight excluding hydrogens is 566 g/mol. The van der Waals surface area contributed by atoms with Crippen molar-refractivity contribution in [1.82, 2.24) is 4.57 Å². The number of nitrogens with zero attached hydrogens (tertiary/aromatic N) is 1. The minimum absolute atomic E-state index is 0.0281. The lowest BCUT2D eigenvalue weighted by Crippen LogP contribution is -2.73. The Labute approximate surface area is 270 Å². The summed E-state index contributed by atoms with van der Waals surface area (Å²) in [6.45, 7) is 19.9. The average molecular weight is 624 g/mol. The number of Topliss-reactive ketones (excluding diaryl/α,β-unsaturated/α-hetero) is 1. The number of fused-ring (bicyclic) bond motifs is 2. The van der Waals surface area contributed by atoms with E-state index in [1.165, 1.54) is 29.1 Å². The molecule has 0 amide bonds. The third-order valence-electron chi connectivity index (χ3n) is 11.1. The van der Waals surface area contributed by atoms with E-state index in [0.717, 1.165) is 17.7 Å². The van der Waals surface area contributed by atoms with Crippen LogP contribution in [0, 0.1) is 42.4 Å². The molecule has 0 aliphatic heterocycles. The van der Waals surface area contributed by atoms with Crippen LogP contribution in [-0.2, 0) is 21.4 Å². The monoisotopic (exact) mass is 623 g/mol. The first-order chi connectivity index (χ1) is 21.0. The van der Waals surface area contributed by atoms with Crippen molar-refractivity contribution in [3.63, 3.8) is 0 Å². The molecule has 3 aliphatic rings. The number of methoxy groups -OCH3 is 1. The predicted octanol–water partition coefficient (Wildman–Crippen LogP) is 5.93. The zero-order chi connectivity index (χ0) is 34.2. The molecule has 6 unspecified atom stereocenters. The van der Waals surface area contributed by atoms with Gasteiger partial charge < -0.3 is 30.6 Å². The Morgan fingerprint density at radius 3 is 2.31 bits per heavy atom. The molecule has 3 aliphatic carbocycles. The van der Waals surface area contributed by atoms with Gasteiger partial charge in [-0.25, -0.2) is 0 Å². The summed E-state index contributed by atoms with van der Waals surface area (Å²) >= 11 is 0. The Balaban J connectivity index is 0.000000287. The van der Waals surface area contributed by atoms with Crippen LogP contribution in [-0.4, -0.2) is 52.8 Å². The summed E-state index contributed by atoms with van der Waals surface area (Å²) < 4.78 is 13.1. The van der Waals surface area contributed by atoms with Crippen molar-refractivity contribution in [3.05, 3.63) is 52.8 Å². The van der Waals surface area contributed by atoms with E-state index in [9.17, 15) is 14.7 Å². The lowest BCUT2D eigenvalue weighted by Gasteiger charge is -2.53. The number of aromatic nitrogens is 1. The maximum atomic E-state index is 14.2. The highest BCUT2D eigenvalue weighted by atomic mass is 16.5. The first-order valence-corrected chi connectivity index (χ1v) is 16.3. The van der Waals surface area contributed by atoms with Gasteiger partial charge in [0.25, 0.3) is 0 Å². The fourth-order valence-corrected chi connectivity index (χ4v) is 8.05. The number of benzene rings is 1. The fourth-order valence-electron chi connectivity index (χ4n) is 8.05. The van der Waals surface area contributed by atoms with Gasteiger partial charge in [-0.3, -0.25) is 9.59 Å². The van der Waals surface area contributed by atoms with Crippen molar-refractivity contribution < 1.29 is 24.2 Å². The number of aliphatic hydroxyl groups is 1. The number of aryl methyl sites for hydroxylation is 2. The van der Waals surface area contributed by atoms with E-state index >= 15 is 0 Å². The van der Waals surface area contributed by atoms with Crippen molar-refractivity contribution >= 4 is 22.7 Å². The van der Waals surface area contributed by atoms with Gasteiger partial charge in [0.15, 0.2) is 5.78 Å². The van der Waals surface area contributed by atoms with Gasteiger partial charge in [-0.05, 0) is 85.8 Å². The van der Waals surface area contributed by atoms with Crippen LogP contribution in [0.5, 0.6) is 5.75 Å². The predicted molar refractivity (Wildman–Crippen MR) is 182 cm³/mol. The molecule has 250 valence electrons. The number of allylic oxidation sites excluding steroid dienone is 1. The number of ketones is 1. The highest BCUT2D eigenvalue weighted by molar-refractivity contribution is 5.95. The smallest absolute Gasteiger partial charge is 0.303 e. The number of hydrogen-bond acceptors (Lipinski definition) is 7. The number of aliphatic hydroxyl groups excluding tert-OH is 1. The Kier molecular flexibility index (Phi) is 10.9. The third-order valence-corrected chi connectivity index (χ3v) is 11.1. The number of esters is 1. The van der Waals surface area contributed by atoms with Crippen LogP contribution in [0.15, 0.2) is 41.5 Å². The highest BCUT2D eigenvalue weighted by Gasteiger charge is 2.69. The molecule has 2 aromatic rings. The molecule has 1 fully saturated rings.